The van der Waals surface area contributed by atoms with Gasteiger partial charge in [-0.1, -0.05) is 36.8 Å². The highest BCUT2D eigenvalue weighted by Gasteiger charge is 2.28. The summed E-state index contributed by atoms with van der Waals surface area (Å²) >= 11 is 0. The predicted molar refractivity (Wildman–Crippen MR) is 88.5 cm³/mol. The zero-order chi connectivity index (χ0) is 16.2. The molecule has 1 amide bonds. The van der Waals surface area contributed by atoms with Gasteiger partial charge < -0.3 is 10.0 Å². The number of aromatic amines is 1. The van der Waals surface area contributed by atoms with Crippen LogP contribution in [0.2, 0.25) is 0 Å². The summed E-state index contributed by atoms with van der Waals surface area (Å²) in [5, 5.41) is 17.1. The SMILES string of the molecule is CN(Cc1cc(-c2ccccc2)n[nH]1)C(=O)[C@H]1CCC[C@@H](O)C1. The van der Waals surface area contributed by atoms with Crippen LogP contribution in [0.25, 0.3) is 11.3 Å². The molecule has 23 heavy (non-hydrogen) atoms. The molecule has 0 radical (unpaired) electrons. The fourth-order valence-electron chi connectivity index (χ4n) is 3.23. The number of amides is 1. The first-order valence-electron chi connectivity index (χ1n) is 8.16. The molecule has 1 aliphatic carbocycles. The maximum Gasteiger partial charge on any atom is 0.225 e. The molecule has 1 aromatic carbocycles. The molecular formula is C18H23N3O2. The van der Waals surface area contributed by atoms with E-state index in [0.717, 1.165) is 36.2 Å². The summed E-state index contributed by atoms with van der Waals surface area (Å²) in [6.45, 7) is 0.505. The van der Waals surface area contributed by atoms with Gasteiger partial charge in [-0.3, -0.25) is 9.89 Å². The Bertz CT molecular complexity index is 653. The third-order valence-corrected chi connectivity index (χ3v) is 4.48. The Morgan fingerprint density at radius 3 is 2.87 bits per heavy atom. The molecule has 1 saturated carbocycles. The van der Waals surface area contributed by atoms with E-state index in [0.29, 0.717) is 13.0 Å². The number of aliphatic hydroxyl groups excluding tert-OH is 1. The quantitative estimate of drug-likeness (QED) is 0.911. The maximum absolute atomic E-state index is 12.5. The molecule has 0 bridgehead atoms. The summed E-state index contributed by atoms with van der Waals surface area (Å²) in [6.07, 6.45) is 2.87. The highest BCUT2D eigenvalue weighted by molar-refractivity contribution is 5.78. The Hall–Kier alpha value is -2.14. The molecule has 0 spiro atoms. The monoisotopic (exact) mass is 313 g/mol. The topological polar surface area (TPSA) is 69.2 Å². The summed E-state index contributed by atoms with van der Waals surface area (Å²) in [6, 6.07) is 11.9. The number of benzene rings is 1. The van der Waals surface area contributed by atoms with Crippen LogP contribution < -0.4 is 0 Å². The molecule has 3 rings (SSSR count). The first-order valence-corrected chi connectivity index (χ1v) is 8.16. The molecule has 1 fully saturated rings. The second kappa shape index (κ2) is 6.96. The number of carbonyl (C=O) groups excluding carboxylic acids is 1. The predicted octanol–water partition coefficient (Wildman–Crippen LogP) is 2.59. The number of nitrogens with zero attached hydrogens (tertiary/aromatic N) is 2. The van der Waals surface area contributed by atoms with Gasteiger partial charge in [0.05, 0.1) is 24.0 Å². The molecule has 2 N–H and O–H groups in total. The van der Waals surface area contributed by atoms with Crippen LogP contribution in [-0.2, 0) is 11.3 Å². The Balaban J connectivity index is 1.63. The largest absolute Gasteiger partial charge is 0.393 e. The lowest BCUT2D eigenvalue weighted by Gasteiger charge is -2.28. The summed E-state index contributed by atoms with van der Waals surface area (Å²) in [5.74, 6) is 0.0554. The maximum atomic E-state index is 12.5. The van der Waals surface area contributed by atoms with Crippen LogP contribution in [0.5, 0.6) is 0 Å². The van der Waals surface area contributed by atoms with Crippen molar-refractivity contribution in [3.63, 3.8) is 0 Å². The smallest absolute Gasteiger partial charge is 0.225 e. The van der Waals surface area contributed by atoms with E-state index in [2.05, 4.69) is 10.2 Å². The van der Waals surface area contributed by atoms with Crippen LogP contribution in [0.1, 0.15) is 31.4 Å². The average Bonchev–Trinajstić information content (AvgIpc) is 3.03. The van der Waals surface area contributed by atoms with Gasteiger partial charge in [-0.05, 0) is 25.3 Å². The van der Waals surface area contributed by atoms with E-state index in [1.807, 2.05) is 43.4 Å². The summed E-state index contributed by atoms with van der Waals surface area (Å²) in [5.41, 5.74) is 2.85. The van der Waals surface area contributed by atoms with Gasteiger partial charge in [-0.2, -0.15) is 5.10 Å². The van der Waals surface area contributed by atoms with E-state index < -0.39 is 0 Å². The van der Waals surface area contributed by atoms with Gasteiger partial charge in [-0.25, -0.2) is 0 Å². The number of H-pyrrole nitrogens is 1. The molecule has 5 heteroatoms. The third-order valence-electron chi connectivity index (χ3n) is 4.48. The standard InChI is InChI=1S/C18H23N3O2/c1-21(18(23)14-8-5-9-16(22)10-14)12-15-11-17(20-19-15)13-6-3-2-4-7-13/h2-4,6-7,11,14,16,22H,5,8-10,12H2,1H3,(H,19,20)/t14-,16+/m0/s1. The summed E-state index contributed by atoms with van der Waals surface area (Å²) in [4.78, 5) is 14.2. The van der Waals surface area contributed by atoms with Crippen LogP contribution in [0.4, 0.5) is 0 Å². The van der Waals surface area contributed by atoms with Crippen LogP contribution in [-0.4, -0.2) is 39.3 Å². The van der Waals surface area contributed by atoms with E-state index in [-0.39, 0.29) is 17.9 Å². The molecule has 1 aromatic heterocycles. The van der Waals surface area contributed by atoms with Gasteiger partial charge in [0.2, 0.25) is 5.91 Å². The van der Waals surface area contributed by atoms with Crippen molar-refractivity contribution in [2.75, 3.05) is 7.05 Å². The van der Waals surface area contributed by atoms with E-state index in [1.54, 1.807) is 4.90 Å². The lowest BCUT2D eigenvalue weighted by Crippen LogP contribution is -2.36. The summed E-state index contributed by atoms with van der Waals surface area (Å²) in [7, 11) is 1.81. The van der Waals surface area contributed by atoms with Crippen LogP contribution >= 0.6 is 0 Å². The fourth-order valence-corrected chi connectivity index (χ4v) is 3.23. The second-order valence-corrected chi connectivity index (χ2v) is 6.36. The van der Waals surface area contributed by atoms with Crippen molar-refractivity contribution in [2.24, 2.45) is 5.92 Å². The van der Waals surface area contributed by atoms with Crippen LogP contribution in [0.15, 0.2) is 36.4 Å². The van der Waals surface area contributed by atoms with Gasteiger partial charge in [0.25, 0.3) is 0 Å². The first kappa shape index (κ1) is 15.7. The number of hydrogen-bond acceptors (Lipinski definition) is 3. The van der Waals surface area contributed by atoms with Gasteiger partial charge >= 0.3 is 0 Å². The minimum absolute atomic E-state index is 0.0553. The molecule has 2 aromatic rings. The fraction of sp³-hybridized carbons (Fsp3) is 0.444. The van der Waals surface area contributed by atoms with Gasteiger partial charge in [0.1, 0.15) is 0 Å². The van der Waals surface area contributed by atoms with Crippen molar-refractivity contribution >= 4 is 5.91 Å². The lowest BCUT2D eigenvalue weighted by molar-refractivity contribution is -0.137. The molecule has 1 heterocycles. The number of aromatic nitrogens is 2. The normalized spacial score (nSPS) is 21.1. The minimum atomic E-state index is -0.331. The lowest BCUT2D eigenvalue weighted by atomic mass is 9.86. The van der Waals surface area contributed by atoms with E-state index in [1.165, 1.54) is 0 Å². The van der Waals surface area contributed by atoms with Crippen LogP contribution in [0, 0.1) is 5.92 Å². The minimum Gasteiger partial charge on any atom is -0.393 e. The molecule has 2 atom stereocenters. The Morgan fingerprint density at radius 2 is 2.13 bits per heavy atom. The molecule has 0 saturated heterocycles. The number of nitrogens with one attached hydrogen (secondary N) is 1. The average molecular weight is 313 g/mol. The number of hydrogen-bond donors (Lipinski definition) is 2. The van der Waals surface area contributed by atoms with E-state index in [9.17, 15) is 9.90 Å². The molecular weight excluding hydrogens is 290 g/mol. The van der Waals surface area contributed by atoms with Crippen molar-refractivity contribution < 1.29 is 9.90 Å². The third kappa shape index (κ3) is 3.79. The van der Waals surface area contributed by atoms with Crippen molar-refractivity contribution in [2.45, 2.75) is 38.3 Å². The van der Waals surface area contributed by atoms with Crippen molar-refractivity contribution in [3.8, 4) is 11.3 Å². The van der Waals surface area contributed by atoms with Gasteiger partial charge in [0, 0.05) is 18.5 Å². The molecule has 5 nitrogen and oxygen atoms in total. The highest BCUT2D eigenvalue weighted by Crippen LogP contribution is 2.26. The number of aliphatic hydroxyl groups is 1. The molecule has 0 aliphatic heterocycles. The first-order chi connectivity index (χ1) is 11.1. The summed E-state index contributed by atoms with van der Waals surface area (Å²) < 4.78 is 0. The van der Waals surface area contributed by atoms with Crippen molar-refractivity contribution in [1.29, 1.82) is 0 Å². The van der Waals surface area contributed by atoms with E-state index in [4.69, 9.17) is 0 Å². The van der Waals surface area contributed by atoms with Crippen LogP contribution in [0.3, 0.4) is 0 Å². The zero-order valence-corrected chi connectivity index (χ0v) is 13.4. The number of carbonyl (C=O) groups is 1. The Labute approximate surface area is 136 Å². The zero-order valence-electron chi connectivity index (χ0n) is 13.4. The molecule has 122 valence electrons. The van der Waals surface area contributed by atoms with Crippen molar-refractivity contribution in [3.05, 3.63) is 42.1 Å². The second-order valence-electron chi connectivity index (χ2n) is 6.36. The highest BCUT2D eigenvalue weighted by atomic mass is 16.3. The van der Waals surface area contributed by atoms with Gasteiger partial charge in [0.15, 0.2) is 0 Å². The Morgan fingerprint density at radius 1 is 1.35 bits per heavy atom. The molecule has 1 aliphatic rings. The van der Waals surface area contributed by atoms with Gasteiger partial charge in [-0.15, -0.1) is 0 Å². The molecule has 0 unspecified atom stereocenters. The van der Waals surface area contributed by atoms with Crippen molar-refractivity contribution in [1.82, 2.24) is 15.1 Å². The number of rotatable bonds is 4. The van der Waals surface area contributed by atoms with E-state index >= 15 is 0 Å². The Kier molecular flexibility index (Phi) is 4.76.